The van der Waals surface area contributed by atoms with Gasteiger partial charge in [-0.1, -0.05) is 6.07 Å². The number of nitrogen functional groups attached to an aromatic ring is 1. The Bertz CT molecular complexity index is 930. The molecular weight excluding hydrogens is 315 g/mol. The highest BCUT2D eigenvalue weighted by Crippen LogP contribution is 2.26. The highest BCUT2D eigenvalue weighted by Gasteiger charge is 2.25. The maximum Gasteiger partial charge on any atom is 0.281 e. The molecule has 0 atom stereocenters. The molecule has 0 aliphatic rings. The van der Waals surface area contributed by atoms with Crippen molar-refractivity contribution in [2.75, 3.05) is 10.5 Å². The molecule has 2 heterocycles. The number of hydrogen-bond acceptors (Lipinski definition) is 5. The number of nitrogens with two attached hydrogens (primary N) is 1. The van der Waals surface area contributed by atoms with Crippen LogP contribution >= 0.6 is 11.3 Å². The number of sulfonamides is 1. The van der Waals surface area contributed by atoms with Gasteiger partial charge < -0.3 is 5.73 Å². The predicted molar refractivity (Wildman–Crippen MR) is 79.4 cm³/mol. The van der Waals surface area contributed by atoms with Crippen LogP contribution in [0.1, 0.15) is 5.56 Å². The van der Waals surface area contributed by atoms with Gasteiger partial charge in [-0.2, -0.15) is 8.42 Å². The van der Waals surface area contributed by atoms with Gasteiger partial charge in [0.05, 0.1) is 5.69 Å². The molecule has 2 aromatic heterocycles. The van der Waals surface area contributed by atoms with Crippen molar-refractivity contribution < 1.29 is 12.8 Å². The maximum absolute atomic E-state index is 13.7. The van der Waals surface area contributed by atoms with E-state index in [2.05, 4.69) is 9.71 Å². The number of aryl methyl sites for hydroxylation is 1. The summed E-state index contributed by atoms with van der Waals surface area (Å²) in [6.07, 6.45) is 1.55. The van der Waals surface area contributed by atoms with Gasteiger partial charge in [0.1, 0.15) is 5.82 Å². The maximum atomic E-state index is 13.7. The van der Waals surface area contributed by atoms with Crippen molar-refractivity contribution >= 4 is 37.8 Å². The van der Waals surface area contributed by atoms with Crippen LogP contribution in [0.3, 0.4) is 0 Å². The number of benzene rings is 1. The van der Waals surface area contributed by atoms with Crippen molar-refractivity contribution in [3.05, 3.63) is 41.2 Å². The fourth-order valence-corrected chi connectivity index (χ4v) is 4.01. The van der Waals surface area contributed by atoms with E-state index in [1.54, 1.807) is 24.6 Å². The Labute approximate surface area is 124 Å². The average molecular weight is 326 g/mol. The van der Waals surface area contributed by atoms with Crippen LogP contribution in [0, 0.1) is 12.7 Å². The highest BCUT2D eigenvalue weighted by atomic mass is 32.2. The molecule has 0 radical (unpaired) electrons. The molecule has 21 heavy (non-hydrogen) atoms. The third-order valence-electron chi connectivity index (χ3n) is 2.86. The van der Waals surface area contributed by atoms with Gasteiger partial charge in [-0.15, -0.1) is 11.3 Å². The lowest BCUT2D eigenvalue weighted by Crippen LogP contribution is -2.17. The fourth-order valence-electron chi connectivity index (χ4n) is 1.96. The molecule has 0 saturated heterocycles. The first kappa shape index (κ1) is 13.8. The summed E-state index contributed by atoms with van der Waals surface area (Å²) in [6, 6.07) is 4.17. The number of halogens is 1. The molecule has 3 aromatic rings. The summed E-state index contributed by atoms with van der Waals surface area (Å²) >= 11 is 1.26. The van der Waals surface area contributed by atoms with Gasteiger partial charge in [-0.3, -0.25) is 9.12 Å². The Hall–Kier alpha value is -2.13. The van der Waals surface area contributed by atoms with Gasteiger partial charge in [0.15, 0.2) is 10.8 Å². The molecule has 110 valence electrons. The van der Waals surface area contributed by atoms with E-state index in [1.807, 2.05) is 0 Å². The van der Waals surface area contributed by atoms with E-state index in [0.29, 0.717) is 4.96 Å². The van der Waals surface area contributed by atoms with Gasteiger partial charge in [-0.05, 0) is 24.6 Å². The van der Waals surface area contributed by atoms with Crippen LogP contribution in [0.4, 0.5) is 15.9 Å². The molecular formula is C12H11FN4O2S2. The minimum atomic E-state index is -4.04. The lowest BCUT2D eigenvalue weighted by Gasteiger charge is -2.09. The van der Waals surface area contributed by atoms with Crippen LogP contribution in [0.25, 0.3) is 4.96 Å². The van der Waals surface area contributed by atoms with Crippen molar-refractivity contribution in [2.45, 2.75) is 11.9 Å². The van der Waals surface area contributed by atoms with Crippen LogP contribution in [0.15, 0.2) is 34.8 Å². The zero-order valence-electron chi connectivity index (χ0n) is 10.9. The topological polar surface area (TPSA) is 89.5 Å². The molecule has 0 bridgehead atoms. The van der Waals surface area contributed by atoms with Crippen LogP contribution in [-0.4, -0.2) is 17.8 Å². The van der Waals surface area contributed by atoms with Crippen LogP contribution in [-0.2, 0) is 10.0 Å². The zero-order chi connectivity index (χ0) is 15.2. The van der Waals surface area contributed by atoms with Gasteiger partial charge in [0.2, 0.25) is 5.03 Å². The molecule has 0 amide bonds. The Morgan fingerprint density at radius 1 is 1.43 bits per heavy atom. The van der Waals surface area contributed by atoms with Crippen molar-refractivity contribution in [1.29, 1.82) is 0 Å². The summed E-state index contributed by atoms with van der Waals surface area (Å²) < 4.78 is 42.2. The number of thiazole rings is 1. The number of rotatable bonds is 3. The summed E-state index contributed by atoms with van der Waals surface area (Å²) in [7, 11) is -4.04. The Morgan fingerprint density at radius 2 is 2.19 bits per heavy atom. The van der Waals surface area contributed by atoms with E-state index in [9.17, 15) is 12.8 Å². The fraction of sp³-hybridized carbons (Fsp3) is 0.0833. The minimum absolute atomic E-state index is 0.123. The Morgan fingerprint density at radius 3 is 2.95 bits per heavy atom. The van der Waals surface area contributed by atoms with Crippen LogP contribution in [0.5, 0.6) is 0 Å². The molecule has 0 unspecified atom stereocenters. The predicted octanol–water partition coefficient (Wildman–Crippen LogP) is 2.23. The second-order valence-electron chi connectivity index (χ2n) is 4.45. The number of anilines is 2. The smallest absolute Gasteiger partial charge is 0.281 e. The lowest BCUT2D eigenvalue weighted by molar-refractivity contribution is 0.594. The molecule has 0 fully saturated rings. The van der Waals surface area contributed by atoms with Crippen LogP contribution in [0.2, 0.25) is 0 Å². The zero-order valence-corrected chi connectivity index (χ0v) is 12.5. The van der Waals surface area contributed by atoms with Crippen LogP contribution < -0.4 is 10.5 Å². The van der Waals surface area contributed by atoms with E-state index in [4.69, 9.17) is 5.73 Å². The number of aromatic nitrogens is 2. The lowest BCUT2D eigenvalue weighted by atomic mass is 10.2. The Kier molecular flexibility index (Phi) is 3.10. The number of nitrogens with zero attached hydrogens (tertiary/aromatic N) is 2. The van der Waals surface area contributed by atoms with Gasteiger partial charge in [0, 0.05) is 11.6 Å². The monoisotopic (exact) mass is 326 g/mol. The SMILES string of the molecule is Cc1ccc(F)c(NS(=O)(=O)c2c(N)nc3sccn23)c1. The number of hydrogen-bond donors (Lipinski definition) is 2. The summed E-state index contributed by atoms with van der Waals surface area (Å²) in [6.45, 7) is 1.74. The highest BCUT2D eigenvalue weighted by molar-refractivity contribution is 7.92. The van der Waals surface area contributed by atoms with E-state index < -0.39 is 15.8 Å². The minimum Gasteiger partial charge on any atom is -0.381 e. The van der Waals surface area contributed by atoms with Gasteiger partial charge in [-0.25, -0.2) is 9.37 Å². The second-order valence-corrected chi connectivity index (χ2v) is 6.92. The summed E-state index contributed by atoms with van der Waals surface area (Å²) in [5, 5.41) is 1.49. The summed E-state index contributed by atoms with van der Waals surface area (Å²) in [5.41, 5.74) is 6.27. The molecule has 6 nitrogen and oxygen atoms in total. The van der Waals surface area contributed by atoms with Crippen molar-refractivity contribution in [2.24, 2.45) is 0 Å². The number of imidazole rings is 1. The molecule has 3 rings (SSSR count). The molecule has 9 heteroatoms. The third kappa shape index (κ3) is 2.34. The second kappa shape index (κ2) is 4.71. The largest absolute Gasteiger partial charge is 0.381 e. The quantitative estimate of drug-likeness (QED) is 0.772. The molecule has 1 aromatic carbocycles. The summed E-state index contributed by atoms with van der Waals surface area (Å²) in [5.74, 6) is -0.781. The van der Waals surface area contributed by atoms with Crippen molar-refractivity contribution in [3.63, 3.8) is 0 Å². The molecule has 0 spiro atoms. The standard InChI is InChI=1S/C12H11FN4O2S2/c1-7-2-3-8(13)9(6-7)16-21(18,19)11-10(14)15-12-17(11)4-5-20-12/h2-6,16H,14H2,1H3. The molecule has 0 aliphatic carbocycles. The molecule has 0 aliphatic heterocycles. The number of fused-ring (bicyclic) bond motifs is 1. The van der Waals surface area contributed by atoms with Gasteiger partial charge >= 0.3 is 0 Å². The third-order valence-corrected chi connectivity index (χ3v) is 5.02. The first-order valence-electron chi connectivity index (χ1n) is 5.88. The van der Waals surface area contributed by atoms with Crippen molar-refractivity contribution in [3.8, 4) is 0 Å². The van der Waals surface area contributed by atoms with Gasteiger partial charge in [0.25, 0.3) is 10.0 Å². The average Bonchev–Trinajstić information content (AvgIpc) is 2.92. The van der Waals surface area contributed by atoms with E-state index >= 15 is 0 Å². The normalized spacial score (nSPS) is 11.9. The van der Waals surface area contributed by atoms with Crippen molar-refractivity contribution in [1.82, 2.24) is 9.38 Å². The first-order valence-corrected chi connectivity index (χ1v) is 8.25. The van der Waals surface area contributed by atoms with E-state index in [1.165, 1.54) is 27.9 Å². The molecule has 3 N–H and O–H groups in total. The number of nitrogens with one attached hydrogen (secondary N) is 1. The summed E-state index contributed by atoms with van der Waals surface area (Å²) in [4.78, 5) is 4.42. The van der Waals surface area contributed by atoms with E-state index in [-0.39, 0.29) is 16.5 Å². The Balaban J connectivity index is 2.10. The molecule has 0 saturated carbocycles. The van der Waals surface area contributed by atoms with E-state index in [0.717, 1.165) is 5.56 Å². The first-order chi connectivity index (χ1) is 9.88.